The van der Waals surface area contributed by atoms with Crippen LogP contribution in [0.15, 0.2) is 18.2 Å². The minimum atomic E-state index is -1.11. The molecule has 2 rings (SSSR count). The molecule has 0 bridgehead atoms. The maximum Gasteiger partial charge on any atom is 0.335 e. The van der Waals surface area contributed by atoms with Crippen LogP contribution in [0.2, 0.25) is 0 Å². The van der Waals surface area contributed by atoms with Crippen molar-refractivity contribution in [2.24, 2.45) is 5.92 Å². The van der Waals surface area contributed by atoms with Gasteiger partial charge in [-0.05, 0) is 24.1 Å². The van der Waals surface area contributed by atoms with E-state index in [1.54, 1.807) is 0 Å². The monoisotopic (exact) mass is 306 g/mol. The Bertz CT molecular complexity index is 612. The summed E-state index contributed by atoms with van der Waals surface area (Å²) in [6, 6.07) is 4.22. The molecule has 0 atom stereocenters. The molecular weight excluding hydrogens is 288 g/mol. The van der Waals surface area contributed by atoms with Crippen LogP contribution in [0.5, 0.6) is 5.75 Å². The first kappa shape index (κ1) is 15.8. The molecular formula is C15H18N2O5. The summed E-state index contributed by atoms with van der Waals surface area (Å²) in [7, 11) is 0. The normalized spacial score (nSPS) is 13.6. The van der Waals surface area contributed by atoms with Gasteiger partial charge in [0.15, 0.2) is 6.61 Å². The second-order valence-electron chi connectivity index (χ2n) is 5.45. The molecule has 1 aromatic carbocycles. The van der Waals surface area contributed by atoms with Gasteiger partial charge in [0.1, 0.15) is 12.3 Å². The molecule has 0 spiro atoms. The average molecular weight is 306 g/mol. The van der Waals surface area contributed by atoms with Gasteiger partial charge in [-0.1, -0.05) is 13.8 Å². The molecule has 1 aliphatic rings. The van der Waals surface area contributed by atoms with Gasteiger partial charge >= 0.3 is 5.97 Å². The lowest BCUT2D eigenvalue weighted by Crippen LogP contribution is -2.45. The van der Waals surface area contributed by atoms with Crippen LogP contribution >= 0.6 is 0 Å². The molecule has 22 heavy (non-hydrogen) atoms. The number of benzene rings is 1. The molecule has 1 aromatic rings. The first-order valence-corrected chi connectivity index (χ1v) is 6.95. The minimum absolute atomic E-state index is 0.0321. The number of rotatable bonds is 5. The van der Waals surface area contributed by atoms with E-state index in [1.165, 1.54) is 23.1 Å². The van der Waals surface area contributed by atoms with Crippen molar-refractivity contribution in [3.05, 3.63) is 23.8 Å². The molecule has 0 saturated carbocycles. The van der Waals surface area contributed by atoms with Crippen molar-refractivity contribution in [1.29, 1.82) is 0 Å². The summed E-state index contributed by atoms with van der Waals surface area (Å²) in [5, 5.41) is 11.8. The number of carboxylic acids is 1. The van der Waals surface area contributed by atoms with Crippen LogP contribution in [0, 0.1) is 5.92 Å². The van der Waals surface area contributed by atoms with Gasteiger partial charge in [0, 0.05) is 6.54 Å². The Hall–Kier alpha value is -2.57. The summed E-state index contributed by atoms with van der Waals surface area (Å²) < 4.78 is 5.26. The predicted molar refractivity (Wildman–Crippen MR) is 79.1 cm³/mol. The number of hydrogen-bond acceptors (Lipinski definition) is 4. The van der Waals surface area contributed by atoms with Crippen LogP contribution in [-0.2, 0) is 9.59 Å². The number of hydrogen-bond donors (Lipinski definition) is 2. The minimum Gasteiger partial charge on any atom is -0.482 e. The van der Waals surface area contributed by atoms with E-state index in [-0.39, 0.29) is 30.5 Å². The van der Waals surface area contributed by atoms with E-state index >= 15 is 0 Å². The second kappa shape index (κ2) is 6.46. The summed E-state index contributed by atoms with van der Waals surface area (Å²) in [4.78, 5) is 36.2. The van der Waals surface area contributed by atoms with Crippen molar-refractivity contribution < 1.29 is 24.2 Å². The maximum absolute atomic E-state index is 12.0. The molecule has 2 N–H and O–H groups in total. The molecule has 0 saturated heterocycles. The molecule has 2 amide bonds. The highest BCUT2D eigenvalue weighted by atomic mass is 16.5. The largest absolute Gasteiger partial charge is 0.482 e. The summed E-state index contributed by atoms with van der Waals surface area (Å²) in [6.07, 6.45) is 0. The topological polar surface area (TPSA) is 95.9 Å². The Morgan fingerprint density at radius 3 is 2.77 bits per heavy atom. The number of carbonyl (C=O) groups excluding carboxylic acids is 2. The molecule has 0 fully saturated rings. The highest BCUT2D eigenvalue weighted by molar-refractivity contribution is 6.03. The van der Waals surface area contributed by atoms with Gasteiger partial charge < -0.3 is 15.2 Å². The van der Waals surface area contributed by atoms with E-state index in [2.05, 4.69) is 5.32 Å². The zero-order valence-electron chi connectivity index (χ0n) is 12.5. The van der Waals surface area contributed by atoms with Crippen LogP contribution in [0.1, 0.15) is 24.2 Å². The van der Waals surface area contributed by atoms with E-state index in [9.17, 15) is 14.4 Å². The number of nitrogens with zero attached hydrogens (tertiary/aromatic N) is 1. The number of carbonyl (C=O) groups is 3. The van der Waals surface area contributed by atoms with Gasteiger partial charge in [-0.15, -0.1) is 0 Å². The fourth-order valence-corrected chi connectivity index (χ4v) is 2.03. The maximum atomic E-state index is 12.0. The lowest BCUT2D eigenvalue weighted by molar-refractivity contribution is -0.125. The van der Waals surface area contributed by atoms with Crippen molar-refractivity contribution in [3.63, 3.8) is 0 Å². The average Bonchev–Trinajstić information content (AvgIpc) is 2.47. The van der Waals surface area contributed by atoms with E-state index in [4.69, 9.17) is 9.84 Å². The van der Waals surface area contributed by atoms with Crippen LogP contribution in [0.3, 0.4) is 0 Å². The molecule has 0 aromatic heterocycles. The molecule has 118 valence electrons. The van der Waals surface area contributed by atoms with Gasteiger partial charge in [-0.2, -0.15) is 0 Å². The van der Waals surface area contributed by atoms with E-state index in [0.717, 1.165) is 0 Å². The third kappa shape index (κ3) is 3.55. The fourth-order valence-electron chi connectivity index (χ4n) is 2.03. The quantitative estimate of drug-likeness (QED) is 0.842. The van der Waals surface area contributed by atoms with Gasteiger partial charge in [-0.3, -0.25) is 14.5 Å². The number of carboxylic acid groups (broad SMARTS) is 1. The smallest absolute Gasteiger partial charge is 0.335 e. The number of nitrogens with one attached hydrogen (secondary N) is 1. The number of ether oxygens (including phenoxy) is 1. The number of aromatic carboxylic acids is 1. The second-order valence-corrected chi connectivity index (χ2v) is 5.45. The van der Waals surface area contributed by atoms with E-state index < -0.39 is 5.97 Å². The molecule has 1 heterocycles. The first-order valence-electron chi connectivity index (χ1n) is 6.95. The van der Waals surface area contributed by atoms with Crippen LogP contribution in [0.25, 0.3) is 0 Å². The highest BCUT2D eigenvalue weighted by Crippen LogP contribution is 2.32. The van der Waals surface area contributed by atoms with Crippen molar-refractivity contribution in [2.45, 2.75) is 13.8 Å². The Balaban J connectivity index is 2.21. The first-order chi connectivity index (χ1) is 10.4. The fraction of sp³-hybridized carbons (Fsp3) is 0.400. The molecule has 7 heteroatoms. The Kier molecular flexibility index (Phi) is 4.65. The summed E-state index contributed by atoms with van der Waals surface area (Å²) in [5.74, 6) is -1.09. The van der Waals surface area contributed by atoms with Gasteiger partial charge in [-0.25, -0.2) is 4.79 Å². The van der Waals surface area contributed by atoms with Gasteiger partial charge in [0.2, 0.25) is 5.91 Å². The third-order valence-electron chi connectivity index (χ3n) is 3.16. The Morgan fingerprint density at radius 1 is 1.41 bits per heavy atom. The molecule has 0 unspecified atom stereocenters. The van der Waals surface area contributed by atoms with Crippen molar-refractivity contribution in [1.82, 2.24) is 5.32 Å². The summed E-state index contributed by atoms with van der Waals surface area (Å²) >= 11 is 0. The zero-order valence-corrected chi connectivity index (χ0v) is 12.5. The summed E-state index contributed by atoms with van der Waals surface area (Å²) in [6.45, 7) is 4.12. The van der Waals surface area contributed by atoms with Crippen LogP contribution < -0.4 is 15.0 Å². The zero-order chi connectivity index (χ0) is 16.3. The summed E-state index contributed by atoms with van der Waals surface area (Å²) in [5.41, 5.74) is 0.334. The van der Waals surface area contributed by atoms with Gasteiger partial charge in [0.05, 0.1) is 11.3 Å². The number of fused-ring (bicyclic) bond motifs is 1. The lowest BCUT2D eigenvalue weighted by atomic mass is 10.1. The van der Waals surface area contributed by atoms with E-state index in [1.807, 2.05) is 13.8 Å². The Morgan fingerprint density at radius 2 is 2.14 bits per heavy atom. The molecule has 1 aliphatic heterocycles. The van der Waals surface area contributed by atoms with Gasteiger partial charge in [0.25, 0.3) is 5.91 Å². The Labute approximate surface area is 127 Å². The third-order valence-corrected chi connectivity index (χ3v) is 3.16. The molecule has 7 nitrogen and oxygen atoms in total. The molecule has 0 aliphatic carbocycles. The van der Waals surface area contributed by atoms with Crippen LogP contribution in [0.4, 0.5) is 5.69 Å². The van der Waals surface area contributed by atoms with Crippen molar-refractivity contribution in [2.75, 3.05) is 24.6 Å². The molecule has 0 radical (unpaired) electrons. The van der Waals surface area contributed by atoms with E-state index in [0.29, 0.717) is 23.9 Å². The SMILES string of the molecule is CC(C)CNC(=O)CN1C(=O)COc2ccc(C(=O)O)cc21. The van der Waals surface area contributed by atoms with Crippen molar-refractivity contribution >= 4 is 23.5 Å². The lowest BCUT2D eigenvalue weighted by Gasteiger charge is -2.29. The van der Waals surface area contributed by atoms with Crippen LogP contribution in [-0.4, -0.2) is 42.6 Å². The number of amides is 2. The predicted octanol–water partition coefficient (Wildman–Crippen LogP) is 0.882. The highest BCUT2D eigenvalue weighted by Gasteiger charge is 2.28. The standard InChI is InChI=1S/C15H18N2O5/c1-9(2)6-16-13(18)7-17-11-5-10(15(20)21)3-4-12(11)22-8-14(17)19/h3-5,9H,6-8H2,1-2H3,(H,16,18)(H,20,21). The van der Waals surface area contributed by atoms with Crippen molar-refractivity contribution in [3.8, 4) is 5.75 Å². The number of anilines is 1.